The van der Waals surface area contributed by atoms with Gasteiger partial charge in [-0.2, -0.15) is 0 Å². The Bertz CT molecular complexity index is 625. The summed E-state index contributed by atoms with van der Waals surface area (Å²) in [7, 11) is 0. The van der Waals surface area contributed by atoms with Crippen molar-refractivity contribution in [3.63, 3.8) is 0 Å². The number of rotatable bonds is 4. The number of fused-ring (bicyclic) bond motifs is 1. The molecule has 1 aromatic carbocycles. The fraction of sp³-hybridized carbons (Fsp3) is 0.286. The first-order valence-corrected chi connectivity index (χ1v) is 5.83. The van der Waals surface area contributed by atoms with Crippen molar-refractivity contribution in [3.05, 3.63) is 35.0 Å². The van der Waals surface area contributed by atoms with Gasteiger partial charge in [0, 0.05) is 29.1 Å². The molecule has 4 heteroatoms. The SMILES string of the molecule is Cc1ccc(C)c2c(C(=O)CCC(=O)O)c[nH]c12. The lowest BCUT2D eigenvalue weighted by Gasteiger charge is -2.03. The number of aryl methyl sites for hydroxylation is 2. The molecule has 0 fully saturated rings. The van der Waals surface area contributed by atoms with Crippen molar-refractivity contribution in [2.45, 2.75) is 26.7 Å². The Labute approximate surface area is 105 Å². The molecule has 94 valence electrons. The van der Waals surface area contributed by atoms with Crippen LogP contribution in [0, 0.1) is 13.8 Å². The molecule has 2 N–H and O–H groups in total. The van der Waals surface area contributed by atoms with E-state index in [4.69, 9.17) is 5.11 Å². The molecule has 2 rings (SSSR count). The quantitative estimate of drug-likeness (QED) is 0.814. The van der Waals surface area contributed by atoms with Crippen molar-refractivity contribution in [1.29, 1.82) is 0 Å². The maximum absolute atomic E-state index is 12.0. The smallest absolute Gasteiger partial charge is 0.303 e. The molecular weight excluding hydrogens is 230 g/mol. The largest absolute Gasteiger partial charge is 0.481 e. The van der Waals surface area contributed by atoms with E-state index in [1.807, 2.05) is 26.0 Å². The summed E-state index contributed by atoms with van der Waals surface area (Å²) in [6.07, 6.45) is 1.58. The number of carbonyl (C=O) groups excluding carboxylic acids is 1. The van der Waals surface area contributed by atoms with Gasteiger partial charge in [0.2, 0.25) is 0 Å². The third-order valence-electron chi connectivity index (χ3n) is 3.12. The van der Waals surface area contributed by atoms with Crippen LogP contribution in [0.2, 0.25) is 0 Å². The van der Waals surface area contributed by atoms with Gasteiger partial charge in [0.1, 0.15) is 0 Å². The van der Waals surface area contributed by atoms with E-state index in [0.29, 0.717) is 5.56 Å². The monoisotopic (exact) mass is 245 g/mol. The fourth-order valence-electron chi connectivity index (χ4n) is 2.14. The van der Waals surface area contributed by atoms with Gasteiger partial charge in [-0.05, 0) is 25.0 Å². The number of ketones is 1. The van der Waals surface area contributed by atoms with Gasteiger partial charge in [0.15, 0.2) is 5.78 Å². The van der Waals surface area contributed by atoms with Gasteiger partial charge in [-0.15, -0.1) is 0 Å². The van der Waals surface area contributed by atoms with Crippen LogP contribution in [0.1, 0.15) is 34.3 Å². The number of aromatic nitrogens is 1. The summed E-state index contributed by atoms with van der Waals surface area (Å²) in [6.45, 7) is 3.92. The standard InChI is InChI=1S/C14H15NO3/c1-8-3-4-9(2)14-13(8)10(7-15-14)11(16)5-6-12(17)18/h3-4,7,15H,5-6H2,1-2H3,(H,17,18). The van der Waals surface area contributed by atoms with Crippen LogP contribution in [0.4, 0.5) is 0 Å². The summed E-state index contributed by atoms with van der Waals surface area (Å²) in [5, 5.41) is 9.52. The summed E-state index contributed by atoms with van der Waals surface area (Å²) in [5.74, 6) is -1.08. The highest BCUT2D eigenvalue weighted by Gasteiger charge is 2.15. The molecule has 0 aliphatic rings. The van der Waals surface area contributed by atoms with Crippen LogP contribution in [0.15, 0.2) is 18.3 Å². The van der Waals surface area contributed by atoms with Gasteiger partial charge >= 0.3 is 5.97 Å². The summed E-state index contributed by atoms with van der Waals surface area (Å²) < 4.78 is 0. The van der Waals surface area contributed by atoms with Crippen LogP contribution in [-0.4, -0.2) is 21.8 Å². The van der Waals surface area contributed by atoms with Crippen molar-refractivity contribution < 1.29 is 14.7 Å². The molecule has 1 heterocycles. The van der Waals surface area contributed by atoms with Crippen molar-refractivity contribution in [3.8, 4) is 0 Å². The van der Waals surface area contributed by atoms with E-state index in [1.54, 1.807) is 6.20 Å². The molecule has 0 saturated heterocycles. The first-order chi connectivity index (χ1) is 8.50. The highest BCUT2D eigenvalue weighted by Crippen LogP contribution is 2.26. The molecule has 0 atom stereocenters. The van der Waals surface area contributed by atoms with E-state index in [0.717, 1.165) is 22.0 Å². The lowest BCUT2D eigenvalue weighted by atomic mass is 10.0. The normalized spacial score (nSPS) is 10.8. The maximum Gasteiger partial charge on any atom is 0.303 e. The van der Waals surface area contributed by atoms with Crippen molar-refractivity contribution in [2.24, 2.45) is 0 Å². The first-order valence-electron chi connectivity index (χ1n) is 5.83. The molecule has 0 radical (unpaired) electrons. The number of carboxylic acids is 1. The average Bonchev–Trinajstić information content (AvgIpc) is 2.76. The Hall–Kier alpha value is -2.10. The number of carboxylic acid groups (broad SMARTS) is 1. The number of nitrogens with one attached hydrogen (secondary N) is 1. The summed E-state index contributed by atoms with van der Waals surface area (Å²) in [4.78, 5) is 25.6. The van der Waals surface area contributed by atoms with Gasteiger partial charge in [-0.1, -0.05) is 12.1 Å². The number of carbonyl (C=O) groups is 2. The Morgan fingerprint density at radius 1 is 1.17 bits per heavy atom. The summed E-state index contributed by atoms with van der Waals surface area (Å²) in [6, 6.07) is 3.97. The topological polar surface area (TPSA) is 70.2 Å². The molecule has 0 bridgehead atoms. The lowest BCUT2D eigenvalue weighted by molar-refractivity contribution is -0.136. The van der Waals surface area contributed by atoms with E-state index in [-0.39, 0.29) is 18.6 Å². The van der Waals surface area contributed by atoms with Crippen LogP contribution in [-0.2, 0) is 4.79 Å². The number of hydrogen-bond donors (Lipinski definition) is 2. The Kier molecular flexibility index (Phi) is 3.19. The van der Waals surface area contributed by atoms with Crippen molar-refractivity contribution in [2.75, 3.05) is 0 Å². The highest BCUT2D eigenvalue weighted by molar-refractivity contribution is 6.10. The van der Waals surface area contributed by atoms with Crippen LogP contribution in [0.25, 0.3) is 10.9 Å². The van der Waals surface area contributed by atoms with E-state index >= 15 is 0 Å². The zero-order chi connectivity index (χ0) is 13.3. The number of hydrogen-bond acceptors (Lipinski definition) is 2. The van der Waals surface area contributed by atoms with Crippen molar-refractivity contribution >= 4 is 22.7 Å². The Balaban J connectivity index is 2.43. The van der Waals surface area contributed by atoms with Crippen LogP contribution in [0.5, 0.6) is 0 Å². The zero-order valence-electron chi connectivity index (χ0n) is 10.4. The Morgan fingerprint density at radius 2 is 1.83 bits per heavy atom. The second kappa shape index (κ2) is 4.64. The van der Waals surface area contributed by atoms with E-state index in [9.17, 15) is 9.59 Å². The maximum atomic E-state index is 12.0. The molecule has 0 aliphatic carbocycles. The third-order valence-corrected chi connectivity index (χ3v) is 3.12. The minimum Gasteiger partial charge on any atom is -0.481 e. The number of aromatic amines is 1. The molecule has 1 aromatic heterocycles. The molecule has 2 aromatic rings. The molecule has 0 aliphatic heterocycles. The van der Waals surface area contributed by atoms with Gasteiger partial charge in [-0.3, -0.25) is 9.59 Å². The predicted molar refractivity (Wildman–Crippen MR) is 69.0 cm³/mol. The van der Waals surface area contributed by atoms with E-state index < -0.39 is 5.97 Å². The highest BCUT2D eigenvalue weighted by atomic mass is 16.4. The van der Waals surface area contributed by atoms with Gasteiger partial charge in [0.05, 0.1) is 6.42 Å². The lowest BCUT2D eigenvalue weighted by Crippen LogP contribution is -2.03. The van der Waals surface area contributed by atoms with Crippen LogP contribution >= 0.6 is 0 Å². The van der Waals surface area contributed by atoms with E-state index in [2.05, 4.69) is 4.98 Å². The minimum absolute atomic E-state index is 0.0374. The molecule has 0 spiro atoms. The Morgan fingerprint density at radius 3 is 2.50 bits per heavy atom. The average molecular weight is 245 g/mol. The number of Topliss-reactive ketones (excluding diaryl/α,β-unsaturated/α-hetero) is 1. The van der Waals surface area contributed by atoms with E-state index in [1.165, 1.54) is 0 Å². The number of aliphatic carboxylic acids is 1. The fourth-order valence-corrected chi connectivity index (χ4v) is 2.14. The molecule has 18 heavy (non-hydrogen) atoms. The molecule has 0 saturated carbocycles. The summed E-state index contributed by atoms with van der Waals surface area (Å²) in [5.41, 5.74) is 3.64. The second-order valence-corrected chi connectivity index (χ2v) is 4.47. The summed E-state index contributed by atoms with van der Waals surface area (Å²) >= 11 is 0. The second-order valence-electron chi connectivity index (χ2n) is 4.47. The first kappa shape index (κ1) is 12.4. The third kappa shape index (κ3) is 2.14. The van der Waals surface area contributed by atoms with Gasteiger partial charge < -0.3 is 10.1 Å². The van der Waals surface area contributed by atoms with Gasteiger partial charge in [0.25, 0.3) is 0 Å². The molecule has 0 unspecified atom stereocenters. The molecule has 0 amide bonds. The molecular formula is C14H15NO3. The minimum atomic E-state index is -0.948. The number of benzene rings is 1. The number of H-pyrrole nitrogens is 1. The van der Waals surface area contributed by atoms with Crippen LogP contribution < -0.4 is 0 Å². The molecule has 4 nitrogen and oxygen atoms in total. The zero-order valence-corrected chi connectivity index (χ0v) is 10.4. The van der Waals surface area contributed by atoms with Crippen LogP contribution in [0.3, 0.4) is 0 Å². The van der Waals surface area contributed by atoms with Gasteiger partial charge in [-0.25, -0.2) is 0 Å². The predicted octanol–water partition coefficient (Wildman–Crippen LogP) is 2.83. The van der Waals surface area contributed by atoms with Crippen molar-refractivity contribution in [1.82, 2.24) is 4.98 Å².